The maximum atomic E-state index is 12.5. The van der Waals surface area contributed by atoms with Gasteiger partial charge in [0.2, 0.25) is 5.91 Å². The molecule has 0 atom stereocenters. The zero-order valence-corrected chi connectivity index (χ0v) is 11.3. The number of ether oxygens (including phenoxy) is 1. The molecule has 20 heavy (non-hydrogen) atoms. The Hall–Kier alpha value is -2.08. The van der Waals surface area contributed by atoms with Crippen LogP contribution in [-0.4, -0.2) is 29.6 Å². The number of nitrogens with one attached hydrogen (secondary N) is 3. The number of carbonyl (C=O) groups is 1. The molecule has 0 aliphatic carbocycles. The van der Waals surface area contributed by atoms with Gasteiger partial charge < -0.3 is 15.4 Å². The predicted octanol–water partition coefficient (Wildman–Crippen LogP) is 0.906. The van der Waals surface area contributed by atoms with Gasteiger partial charge in [0, 0.05) is 26.1 Å². The molecule has 104 valence electrons. The Kier molecular flexibility index (Phi) is 2.32. The third-order valence-electron chi connectivity index (χ3n) is 4.33. The van der Waals surface area contributed by atoms with Crippen LogP contribution in [0.15, 0.2) is 18.5 Å². The molecular weight excluding hydrogens is 256 g/mol. The summed E-state index contributed by atoms with van der Waals surface area (Å²) < 4.78 is 7.38. The lowest BCUT2D eigenvalue weighted by atomic mass is 9.86. The molecule has 2 aliphatic heterocycles. The van der Waals surface area contributed by atoms with Crippen molar-refractivity contribution in [1.82, 2.24) is 4.98 Å². The van der Waals surface area contributed by atoms with Crippen molar-refractivity contribution in [3.05, 3.63) is 18.5 Å². The van der Waals surface area contributed by atoms with Crippen LogP contribution in [0.5, 0.6) is 0 Å². The van der Waals surface area contributed by atoms with Gasteiger partial charge in [-0.2, -0.15) is 0 Å². The maximum Gasteiger partial charge on any atom is 0.288 e. The van der Waals surface area contributed by atoms with Gasteiger partial charge in [0.25, 0.3) is 5.65 Å². The summed E-state index contributed by atoms with van der Waals surface area (Å²) in [5, 5.41) is 7.64. The Morgan fingerprint density at radius 2 is 2.15 bits per heavy atom. The average molecular weight is 273 g/mol. The molecule has 6 nitrogen and oxygen atoms in total. The molecule has 3 N–H and O–H groups in total. The van der Waals surface area contributed by atoms with Crippen LogP contribution in [0.2, 0.25) is 0 Å². The van der Waals surface area contributed by atoms with Crippen LogP contribution >= 0.6 is 0 Å². The Morgan fingerprint density at radius 1 is 1.35 bits per heavy atom. The third-order valence-corrected chi connectivity index (χ3v) is 4.33. The molecule has 6 heteroatoms. The fraction of sp³-hybridized carbons (Fsp3) is 0.429. The Bertz CT molecular complexity index is 701. The summed E-state index contributed by atoms with van der Waals surface area (Å²) in [5.74, 6) is 0.0446. The molecule has 1 amide bonds. The number of carbonyl (C=O) groups excluding carboxylic acids is 1. The van der Waals surface area contributed by atoms with Gasteiger partial charge in [-0.1, -0.05) is 0 Å². The van der Waals surface area contributed by atoms with Gasteiger partial charge in [0.05, 0.1) is 24.3 Å². The van der Waals surface area contributed by atoms with E-state index >= 15 is 0 Å². The predicted molar refractivity (Wildman–Crippen MR) is 74.5 cm³/mol. The summed E-state index contributed by atoms with van der Waals surface area (Å²) in [5.41, 5.74) is 2.34. The minimum Gasteiger partial charge on any atom is -0.381 e. The SMILES string of the molecule is C[n+]1cc2c(c3cc[nH]c31)NC1(CCOCC1)C(=O)N2. The third kappa shape index (κ3) is 1.48. The fourth-order valence-electron chi connectivity index (χ4n) is 3.16. The lowest BCUT2D eigenvalue weighted by Gasteiger charge is -2.40. The second kappa shape index (κ2) is 3.96. The van der Waals surface area contributed by atoms with Gasteiger partial charge in [-0.15, -0.1) is 0 Å². The largest absolute Gasteiger partial charge is 0.381 e. The van der Waals surface area contributed by atoms with Crippen LogP contribution in [0.3, 0.4) is 0 Å². The van der Waals surface area contributed by atoms with Gasteiger partial charge in [0.15, 0.2) is 0 Å². The Labute approximate surface area is 116 Å². The number of pyridine rings is 1. The highest BCUT2D eigenvalue weighted by Crippen LogP contribution is 2.38. The summed E-state index contributed by atoms with van der Waals surface area (Å²) in [6.07, 6.45) is 5.25. The van der Waals surface area contributed by atoms with E-state index in [1.54, 1.807) is 0 Å². The zero-order chi connectivity index (χ0) is 13.7. The zero-order valence-electron chi connectivity index (χ0n) is 11.3. The standard InChI is InChI=1S/C14H16N4O2/c1-18-8-10-11(9-2-5-15-12(9)18)17-14(13(19)16-10)3-6-20-7-4-14/h2,5,8H,3-4,6-7H2,1H3,(H2,15,16,17,19)/p+1. The number of nitrogens with zero attached hydrogens (tertiary/aromatic N) is 1. The van der Waals surface area contributed by atoms with Crippen molar-refractivity contribution in [2.75, 3.05) is 23.8 Å². The van der Waals surface area contributed by atoms with E-state index < -0.39 is 5.54 Å². The lowest BCUT2D eigenvalue weighted by molar-refractivity contribution is -0.646. The summed E-state index contributed by atoms with van der Waals surface area (Å²) in [6.45, 7) is 1.24. The number of rotatable bonds is 0. The van der Waals surface area contributed by atoms with E-state index in [9.17, 15) is 4.79 Å². The summed E-state index contributed by atoms with van der Waals surface area (Å²) >= 11 is 0. The first-order valence-corrected chi connectivity index (χ1v) is 6.87. The summed E-state index contributed by atoms with van der Waals surface area (Å²) in [7, 11) is 1.96. The number of hydrogen-bond donors (Lipinski definition) is 3. The molecule has 4 heterocycles. The molecule has 0 radical (unpaired) electrons. The summed E-state index contributed by atoms with van der Waals surface area (Å²) in [6, 6.07) is 2.03. The number of anilines is 2. The van der Waals surface area contributed by atoms with Crippen molar-refractivity contribution in [3.8, 4) is 0 Å². The molecule has 2 aliphatic rings. The van der Waals surface area contributed by atoms with E-state index in [2.05, 4.69) is 15.6 Å². The highest BCUT2D eigenvalue weighted by atomic mass is 16.5. The number of hydrogen-bond acceptors (Lipinski definition) is 3. The molecule has 4 rings (SSSR count). The van der Waals surface area contributed by atoms with Crippen molar-refractivity contribution in [1.29, 1.82) is 0 Å². The molecular formula is C14H17N4O2+. The highest BCUT2D eigenvalue weighted by molar-refractivity contribution is 6.10. The van der Waals surface area contributed by atoms with E-state index in [0.717, 1.165) is 22.4 Å². The van der Waals surface area contributed by atoms with Crippen molar-refractivity contribution in [2.45, 2.75) is 18.4 Å². The summed E-state index contributed by atoms with van der Waals surface area (Å²) in [4.78, 5) is 15.7. The van der Waals surface area contributed by atoms with Gasteiger partial charge in [0.1, 0.15) is 17.4 Å². The van der Waals surface area contributed by atoms with Gasteiger partial charge in [-0.3, -0.25) is 4.79 Å². The molecule has 0 unspecified atom stereocenters. The Morgan fingerprint density at radius 3 is 2.95 bits per heavy atom. The number of amides is 1. The van der Waals surface area contributed by atoms with Crippen molar-refractivity contribution in [2.24, 2.45) is 7.05 Å². The van der Waals surface area contributed by atoms with Crippen molar-refractivity contribution < 1.29 is 14.1 Å². The minimum atomic E-state index is -0.532. The van der Waals surface area contributed by atoms with Crippen LogP contribution in [0, 0.1) is 0 Å². The van der Waals surface area contributed by atoms with Gasteiger partial charge in [-0.05, 0) is 6.07 Å². The van der Waals surface area contributed by atoms with E-state index in [1.165, 1.54) is 0 Å². The normalized spacial score (nSPS) is 20.6. The van der Waals surface area contributed by atoms with Crippen LogP contribution in [0.4, 0.5) is 11.4 Å². The van der Waals surface area contributed by atoms with Crippen molar-refractivity contribution >= 4 is 28.3 Å². The van der Waals surface area contributed by atoms with Crippen molar-refractivity contribution in [3.63, 3.8) is 0 Å². The number of aromatic nitrogens is 2. The quantitative estimate of drug-likeness (QED) is 0.625. The number of aromatic amines is 1. The second-order valence-electron chi connectivity index (χ2n) is 5.54. The molecule has 1 saturated heterocycles. The molecule has 0 bridgehead atoms. The first kappa shape index (κ1) is 11.7. The monoisotopic (exact) mass is 273 g/mol. The molecule has 2 aromatic rings. The molecule has 1 fully saturated rings. The van der Waals surface area contributed by atoms with E-state index in [4.69, 9.17) is 4.74 Å². The van der Waals surface area contributed by atoms with E-state index in [1.807, 2.05) is 30.1 Å². The first-order chi connectivity index (χ1) is 9.70. The number of aryl methyl sites for hydroxylation is 1. The highest BCUT2D eigenvalue weighted by Gasteiger charge is 2.44. The van der Waals surface area contributed by atoms with E-state index in [-0.39, 0.29) is 5.91 Å². The molecule has 2 aromatic heterocycles. The molecule has 0 saturated carbocycles. The molecule has 0 aromatic carbocycles. The van der Waals surface area contributed by atoms with Crippen LogP contribution in [0.25, 0.3) is 11.0 Å². The second-order valence-corrected chi connectivity index (χ2v) is 5.54. The smallest absolute Gasteiger partial charge is 0.288 e. The van der Waals surface area contributed by atoms with Gasteiger partial charge in [-0.25, -0.2) is 9.55 Å². The Balaban J connectivity index is 1.88. The first-order valence-electron chi connectivity index (χ1n) is 6.87. The lowest BCUT2D eigenvalue weighted by Crippen LogP contribution is -2.56. The fourth-order valence-corrected chi connectivity index (χ4v) is 3.16. The van der Waals surface area contributed by atoms with E-state index in [0.29, 0.717) is 26.1 Å². The minimum absolute atomic E-state index is 0.0446. The average Bonchev–Trinajstić information content (AvgIpc) is 2.93. The van der Waals surface area contributed by atoms with Crippen LogP contribution < -0.4 is 15.2 Å². The molecule has 1 spiro atoms. The van der Waals surface area contributed by atoms with Crippen LogP contribution in [0.1, 0.15) is 12.8 Å². The topological polar surface area (TPSA) is 70.0 Å². The van der Waals surface area contributed by atoms with Gasteiger partial charge >= 0.3 is 0 Å². The maximum absolute atomic E-state index is 12.5. The number of H-pyrrole nitrogens is 1. The van der Waals surface area contributed by atoms with Crippen LogP contribution in [-0.2, 0) is 16.6 Å². The number of fused-ring (bicyclic) bond motifs is 3.